The van der Waals surface area contributed by atoms with E-state index in [1.165, 1.54) is 0 Å². The molecule has 10 heteroatoms. The standard InChI is InChI=1S/C35H38N2O8/c1-5-43-35(39)28(37-34(38)23-12-15-30(40-2)33(19-23)45-24-8-6-7-9-24)18-22-10-13-25(14-11-22)44-29-16-17-36-27-21-32(42-4)31(41-3)20-26(27)29/h10-17,19-21,24,28H,5-9,18H2,1-4H3,(H,37,38). The average Bonchev–Trinajstić information content (AvgIpc) is 3.58. The Morgan fingerprint density at radius 3 is 2.24 bits per heavy atom. The summed E-state index contributed by atoms with van der Waals surface area (Å²) in [6.07, 6.45) is 6.16. The van der Waals surface area contributed by atoms with Crippen molar-refractivity contribution in [2.45, 2.75) is 51.2 Å². The quantitative estimate of drug-likeness (QED) is 0.174. The van der Waals surface area contributed by atoms with Crippen molar-refractivity contribution >= 4 is 22.8 Å². The van der Waals surface area contributed by atoms with Crippen molar-refractivity contribution in [1.29, 1.82) is 0 Å². The highest BCUT2D eigenvalue weighted by molar-refractivity contribution is 5.97. The van der Waals surface area contributed by atoms with E-state index in [-0.39, 0.29) is 19.1 Å². The Morgan fingerprint density at radius 1 is 0.844 bits per heavy atom. The topological polar surface area (TPSA) is 114 Å². The zero-order valence-electron chi connectivity index (χ0n) is 26.0. The lowest BCUT2D eigenvalue weighted by atomic mass is 10.0. The number of esters is 1. The molecule has 4 aromatic rings. The maximum Gasteiger partial charge on any atom is 0.328 e. The number of methoxy groups -OCH3 is 3. The van der Waals surface area contributed by atoms with Crippen LogP contribution in [0.5, 0.6) is 34.5 Å². The fraction of sp³-hybridized carbons (Fsp3) is 0.343. The smallest absolute Gasteiger partial charge is 0.328 e. The average molecular weight is 615 g/mol. The van der Waals surface area contributed by atoms with Crippen LogP contribution < -0.4 is 29.0 Å². The van der Waals surface area contributed by atoms with Crippen molar-refractivity contribution in [3.63, 3.8) is 0 Å². The van der Waals surface area contributed by atoms with Crippen LogP contribution in [0.3, 0.4) is 0 Å². The molecule has 1 aliphatic carbocycles. The third kappa shape index (κ3) is 7.57. The van der Waals surface area contributed by atoms with E-state index >= 15 is 0 Å². The summed E-state index contributed by atoms with van der Waals surface area (Å²) < 4.78 is 33.9. The number of hydrogen-bond acceptors (Lipinski definition) is 9. The molecular weight excluding hydrogens is 576 g/mol. The van der Waals surface area contributed by atoms with Gasteiger partial charge in [0.05, 0.1) is 39.6 Å². The summed E-state index contributed by atoms with van der Waals surface area (Å²) in [5, 5.41) is 3.61. The second kappa shape index (κ2) is 14.7. The molecule has 0 radical (unpaired) electrons. The molecule has 3 aromatic carbocycles. The molecule has 1 atom stereocenters. The van der Waals surface area contributed by atoms with Crippen LogP contribution in [0, 0.1) is 0 Å². The zero-order valence-corrected chi connectivity index (χ0v) is 26.0. The van der Waals surface area contributed by atoms with Gasteiger partial charge >= 0.3 is 5.97 Å². The summed E-state index contributed by atoms with van der Waals surface area (Å²) in [6, 6.07) is 16.8. The van der Waals surface area contributed by atoms with Crippen molar-refractivity contribution in [2.75, 3.05) is 27.9 Å². The lowest BCUT2D eigenvalue weighted by Crippen LogP contribution is -2.43. The van der Waals surface area contributed by atoms with E-state index in [9.17, 15) is 9.59 Å². The van der Waals surface area contributed by atoms with E-state index < -0.39 is 17.9 Å². The van der Waals surface area contributed by atoms with E-state index in [1.54, 1.807) is 64.8 Å². The van der Waals surface area contributed by atoms with Gasteiger partial charge < -0.3 is 33.7 Å². The highest BCUT2D eigenvalue weighted by Crippen LogP contribution is 2.37. The normalized spacial score (nSPS) is 13.6. The van der Waals surface area contributed by atoms with Gasteiger partial charge in [0.25, 0.3) is 5.91 Å². The molecule has 1 saturated carbocycles. The molecule has 1 aliphatic rings. The maximum atomic E-state index is 13.3. The molecule has 45 heavy (non-hydrogen) atoms. The van der Waals surface area contributed by atoms with Crippen LogP contribution in [0.25, 0.3) is 10.9 Å². The highest BCUT2D eigenvalue weighted by atomic mass is 16.5. The van der Waals surface area contributed by atoms with Crippen molar-refractivity contribution in [2.24, 2.45) is 0 Å². The minimum Gasteiger partial charge on any atom is -0.493 e. The second-order valence-electron chi connectivity index (χ2n) is 10.7. The Balaban J connectivity index is 1.30. The Bertz CT molecular complexity index is 1630. The van der Waals surface area contributed by atoms with Crippen LogP contribution in [0.15, 0.2) is 66.9 Å². The van der Waals surface area contributed by atoms with E-state index in [4.69, 9.17) is 28.4 Å². The molecule has 1 amide bonds. The van der Waals surface area contributed by atoms with Crippen LogP contribution in [-0.4, -0.2) is 56.9 Å². The summed E-state index contributed by atoms with van der Waals surface area (Å²) in [6.45, 7) is 1.92. The lowest BCUT2D eigenvalue weighted by Gasteiger charge is -2.19. The number of nitrogens with one attached hydrogen (secondary N) is 1. The van der Waals surface area contributed by atoms with Gasteiger partial charge in [0.1, 0.15) is 17.5 Å². The summed E-state index contributed by atoms with van der Waals surface area (Å²) in [5.41, 5.74) is 1.87. The molecule has 0 aliphatic heterocycles. The molecule has 0 bridgehead atoms. The minimum absolute atomic E-state index is 0.0973. The first-order valence-corrected chi connectivity index (χ1v) is 15.0. The molecule has 0 spiro atoms. The predicted molar refractivity (Wildman–Crippen MR) is 169 cm³/mol. The molecule has 10 nitrogen and oxygen atoms in total. The van der Waals surface area contributed by atoms with Crippen LogP contribution >= 0.6 is 0 Å². The zero-order chi connectivity index (χ0) is 31.8. The number of rotatable bonds is 13. The highest BCUT2D eigenvalue weighted by Gasteiger charge is 2.25. The number of benzene rings is 3. The first kappa shape index (κ1) is 31.4. The Kier molecular flexibility index (Phi) is 10.2. The second-order valence-corrected chi connectivity index (χ2v) is 10.7. The first-order valence-electron chi connectivity index (χ1n) is 15.0. The van der Waals surface area contributed by atoms with Gasteiger partial charge in [0.2, 0.25) is 0 Å². The van der Waals surface area contributed by atoms with Gasteiger partial charge in [-0.3, -0.25) is 9.78 Å². The lowest BCUT2D eigenvalue weighted by molar-refractivity contribution is -0.145. The van der Waals surface area contributed by atoms with Gasteiger partial charge in [-0.05, 0) is 80.6 Å². The first-order chi connectivity index (χ1) is 21.9. The van der Waals surface area contributed by atoms with Gasteiger partial charge in [-0.2, -0.15) is 0 Å². The molecule has 0 saturated heterocycles. The van der Waals surface area contributed by atoms with E-state index in [1.807, 2.05) is 30.3 Å². The maximum absolute atomic E-state index is 13.3. The van der Waals surface area contributed by atoms with Crippen LogP contribution in [-0.2, 0) is 16.0 Å². The molecule has 1 heterocycles. The summed E-state index contributed by atoms with van der Waals surface area (Å²) in [4.78, 5) is 30.7. The monoisotopic (exact) mass is 614 g/mol. The van der Waals surface area contributed by atoms with E-state index in [2.05, 4.69) is 10.3 Å². The van der Waals surface area contributed by atoms with Gasteiger partial charge in [0, 0.05) is 29.6 Å². The van der Waals surface area contributed by atoms with Crippen molar-refractivity contribution in [1.82, 2.24) is 10.3 Å². The number of ether oxygens (including phenoxy) is 6. The SMILES string of the molecule is CCOC(=O)C(Cc1ccc(Oc2ccnc3cc(OC)c(OC)cc23)cc1)NC(=O)c1ccc(OC)c(OC2CCCC2)c1. The number of pyridine rings is 1. The predicted octanol–water partition coefficient (Wildman–Crippen LogP) is 6.28. The van der Waals surface area contributed by atoms with Gasteiger partial charge in [-0.25, -0.2) is 4.79 Å². The minimum atomic E-state index is -0.905. The number of fused-ring (bicyclic) bond motifs is 1. The Hall–Kier alpha value is -4.99. The molecule has 236 valence electrons. The van der Waals surface area contributed by atoms with Gasteiger partial charge in [0.15, 0.2) is 23.0 Å². The Morgan fingerprint density at radius 2 is 1.56 bits per heavy atom. The molecule has 1 fully saturated rings. The largest absolute Gasteiger partial charge is 0.493 e. The van der Waals surface area contributed by atoms with Gasteiger partial charge in [-0.1, -0.05) is 12.1 Å². The number of carbonyl (C=O) groups is 2. The van der Waals surface area contributed by atoms with Crippen LogP contribution in [0.2, 0.25) is 0 Å². The fourth-order valence-electron chi connectivity index (χ4n) is 5.37. The molecular formula is C35H38N2O8. The van der Waals surface area contributed by atoms with Crippen LogP contribution in [0.4, 0.5) is 0 Å². The molecule has 1 N–H and O–H groups in total. The summed E-state index contributed by atoms with van der Waals surface area (Å²) in [7, 11) is 4.72. The number of carbonyl (C=O) groups excluding carboxylic acids is 2. The Labute approximate surface area is 262 Å². The molecule has 1 aromatic heterocycles. The van der Waals surface area contributed by atoms with Crippen molar-refractivity contribution in [3.05, 3.63) is 78.0 Å². The van der Waals surface area contributed by atoms with Crippen molar-refractivity contribution < 1.29 is 38.0 Å². The third-order valence-electron chi connectivity index (χ3n) is 7.70. The summed E-state index contributed by atoms with van der Waals surface area (Å²) in [5.74, 6) is 2.47. The van der Waals surface area contributed by atoms with Gasteiger partial charge in [-0.15, -0.1) is 0 Å². The van der Waals surface area contributed by atoms with E-state index in [0.29, 0.717) is 45.6 Å². The number of amides is 1. The summed E-state index contributed by atoms with van der Waals surface area (Å²) >= 11 is 0. The number of nitrogens with zero attached hydrogens (tertiary/aromatic N) is 1. The molecule has 1 unspecified atom stereocenters. The number of aromatic nitrogens is 1. The van der Waals surface area contributed by atoms with Crippen LogP contribution in [0.1, 0.15) is 48.5 Å². The molecule has 5 rings (SSSR count). The fourth-order valence-corrected chi connectivity index (χ4v) is 5.37. The third-order valence-corrected chi connectivity index (χ3v) is 7.70. The van der Waals surface area contributed by atoms with E-state index in [0.717, 1.165) is 36.6 Å². The number of hydrogen-bond donors (Lipinski definition) is 1. The van der Waals surface area contributed by atoms with Crippen molar-refractivity contribution in [3.8, 4) is 34.5 Å².